The van der Waals surface area contributed by atoms with Crippen molar-refractivity contribution in [2.24, 2.45) is 0 Å². The fourth-order valence-corrected chi connectivity index (χ4v) is 4.16. The summed E-state index contributed by atoms with van der Waals surface area (Å²) < 4.78 is 0. The highest BCUT2D eigenvalue weighted by molar-refractivity contribution is 7.12. The molecule has 5 nitrogen and oxygen atoms in total. The van der Waals surface area contributed by atoms with Crippen LogP contribution in [0.25, 0.3) is 0 Å². The normalized spacial score (nSPS) is 16.7. The SMILES string of the molecule is Cc1ccccc1C1C(C(=O)c2cccs2)=C(O)C(=O)N1c1ccccc1O. The van der Waals surface area contributed by atoms with Crippen LogP contribution in [0.5, 0.6) is 5.75 Å². The zero-order valence-corrected chi connectivity index (χ0v) is 15.8. The van der Waals surface area contributed by atoms with Crippen molar-refractivity contribution in [2.75, 3.05) is 4.90 Å². The van der Waals surface area contributed by atoms with E-state index in [9.17, 15) is 19.8 Å². The van der Waals surface area contributed by atoms with Crippen molar-refractivity contribution in [1.82, 2.24) is 0 Å². The monoisotopic (exact) mass is 391 g/mol. The van der Waals surface area contributed by atoms with E-state index in [1.165, 1.54) is 22.3 Å². The molecule has 1 atom stereocenters. The number of aliphatic hydroxyl groups excluding tert-OH is 1. The fraction of sp³-hybridized carbons (Fsp3) is 0.0909. The number of rotatable bonds is 4. The van der Waals surface area contributed by atoms with Gasteiger partial charge in [0.05, 0.1) is 22.2 Å². The zero-order valence-electron chi connectivity index (χ0n) is 15.0. The predicted molar refractivity (Wildman–Crippen MR) is 108 cm³/mol. The first-order valence-corrected chi connectivity index (χ1v) is 9.57. The van der Waals surface area contributed by atoms with Gasteiger partial charge < -0.3 is 10.2 Å². The molecule has 1 aromatic heterocycles. The van der Waals surface area contributed by atoms with Gasteiger partial charge in [0.25, 0.3) is 5.91 Å². The van der Waals surface area contributed by atoms with Crippen LogP contribution in [0.15, 0.2) is 77.4 Å². The van der Waals surface area contributed by atoms with E-state index in [0.717, 1.165) is 5.56 Å². The van der Waals surface area contributed by atoms with E-state index < -0.39 is 23.5 Å². The highest BCUT2D eigenvalue weighted by Gasteiger charge is 2.45. The molecule has 1 aliphatic rings. The number of thiophene rings is 1. The maximum atomic E-state index is 13.2. The number of benzene rings is 2. The summed E-state index contributed by atoms with van der Waals surface area (Å²) in [4.78, 5) is 27.9. The lowest BCUT2D eigenvalue weighted by molar-refractivity contribution is -0.117. The smallest absolute Gasteiger partial charge is 0.294 e. The van der Waals surface area contributed by atoms with Crippen LogP contribution >= 0.6 is 11.3 Å². The topological polar surface area (TPSA) is 77.8 Å². The van der Waals surface area contributed by atoms with Gasteiger partial charge >= 0.3 is 0 Å². The summed E-state index contributed by atoms with van der Waals surface area (Å²) in [6.07, 6.45) is 0. The van der Waals surface area contributed by atoms with Crippen molar-refractivity contribution >= 4 is 28.7 Å². The lowest BCUT2D eigenvalue weighted by atomic mass is 9.92. The molecular weight excluding hydrogens is 374 g/mol. The molecule has 4 rings (SSSR count). The minimum absolute atomic E-state index is 0.0185. The van der Waals surface area contributed by atoms with Crippen molar-refractivity contribution in [2.45, 2.75) is 13.0 Å². The maximum absolute atomic E-state index is 13.2. The van der Waals surface area contributed by atoms with Crippen molar-refractivity contribution in [3.8, 4) is 5.75 Å². The molecule has 0 aliphatic carbocycles. The molecule has 3 aromatic rings. The number of anilines is 1. The van der Waals surface area contributed by atoms with Gasteiger partial charge in [-0.15, -0.1) is 11.3 Å². The van der Waals surface area contributed by atoms with Crippen LogP contribution in [-0.4, -0.2) is 21.9 Å². The van der Waals surface area contributed by atoms with E-state index in [2.05, 4.69) is 0 Å². The Morgan fingerprint density at radius 3 is 2.39 bits per heavy atom. The van der Waals surface area contributed by atoms with Gasteiger partial charge in [-0.05, 0) is 41.6 Å². The number of aromatic hydroxyl groups is 1. The first-order valence-electron chi connectivity index (χ1n) is 8.69. The summed E-state index contributed by atoms with van der Waals surface area (Å²) in [6.45, 7) is 1.88. The van der Waals surface area contributed by atoms with E-state index in [1.807, 2.05) is 31.2 Å². The molecular formula is C22H17NO4S. The summed E-state index contributed by atoms with van der Waals surface area (Å²) in [5.41, 5.74) is 1.83. The van der Waals surface area contributed by atoms with Gasteiger partial charge in [0, 0.05) is 0 Å². The summed E-state index contributed by atoms with van der Waals surface area (Å²) in [5, 5.41) is 22.8. The van der Waals surface area contributed by atoms with Crippen LogP contribution in [-0.2, 0) is 4.79 Å². The highest BCUT2D eigenvalue weighted by atomic mass is 32.1. The Labute approximate surface area is 165 Å². The fourth-order valence-electron chi connectivity index (χ4n) is 3.48. The minimum atomic E-state index is -0.836. The lowest BCUT2D eigenvalue weighted by Gasteiger charge is -2.28. The number of aryl methyl sites for hydroxylation is 1. The number of carbonyl (C=O) groups is 2. The Bertz CT molecular complexity index is 1100. The minimum Gasteiger partial charge on any atom is -0.506 e. The summed E-state index contributed by atoms with van der Waals surface area (Å²) >= 11 is 1.25. The van der Waals surface area contributed by atoms with Crippen molar-refractivity contribution in [1.29, 1.82) is 0 Å². The molecule has 140 valence electrons. The average molecular weight is 391 g/mol. The van der Waals surface area contributed by atoms with Gasteiger partial charge in [0.15, 0.2) is 5.76 Å². The van der Waals surface area contributed by atoms with Crippen LogP contribution in [0.1, 0.15) is 26.8 Å². The average Bonchev–Trinajstić information content (AvgIpc) is 3.31. The zero-order chi connectivity index (χ0) is 19.8. The Balaban J connectivity index is 1.94. The van der Waals surface area contributed by atoms with E-state index >= 15 is 0 Å². The number of aliphatic hydroxyl groups is 1. The Morgan fingerprint density at radius 2 is 1.71 bits per heavy atom. The molecule has 0 spiro atoms. The van der Waals surface area contributed by atoms with Gasteiger partial charge in [-0.2, -0.15) is 0 Å². The third-order valence-electron chi connectivity index (χ3n) is 4.82. The molecule has 0 radical (unpaired) electrons. The molecule has 1 unspecified atom stereocenters. The molecule has 2 N–H and O–H groups in total. The largest absolute Gasteiger partial charge is 0.506 e. The third kappa shape index (κ3) is 2.78. The van der Waals surface area contributed by atoms with Gasteiger partial charge in [-0.3, -0.25) is 14.5 Å². The number of ketones is 1. The van der Waals surface area contributed by atoms with Crippen molar-refractivity contribution in [3.63, 3.8) is 0 Å². The van der Waals surface area contributed by atoms with Gasteiger partial charge in [-0.1, -0.05) is 42.5 Å². The maximum Gasteiger partial charge on any atom is 0.294 e. The first kappa shape index (κ1) is 18.0. The second-order valence-electron chi connectivity index (χ2n) is 6.49. The van der Waals surface area contributed by atoms with Crippen LogP contribution < -0.4 is 4.90 Å². The number of hydrogen-bond donors (Lipinski definition) is 2. The number of amides is 1. The van der Waals surface area contributed by atoms with Gasteiger partial charge in [0.2, 0.25) is 5.78 Å². The van der Waals surface area contributed by atoms with Crippen LogP contribution in [0.4, 0.5) is 5.69 Å². The number of Topliss-reactive ketones (excluding diaryl/α,β-unsaturated/α-hetero) is 1. The first-order chi connectivity index (χ1) is 13.5. The number of para-hydroxylation sites is 2. The predicted octanol–water partition coefficient (Wildman–Crippen LogP) is 4.55. The number of phenols is 1. The van der Waals surface area contributed by atoms with E-state index in [1.54, 1.807) is 35.7 Å². The molecule has 28 heavy (non-hydrogen) atoms. The molecule has 1 aliphatic heterocycles. The van der Waals surface area contributed by atoms with Gasteiger partial charge in [0.1, 0.15) is 5.75 Å². The van der Waals surface area contributed by atoms with E-state index in [-0.39, 0.29) is 17.0 Å². The second kappa shape index (κ2) is 6.98. The molecule has 0 fully saturated rings. The van der Waals surface area contributed by atoms with Crippen molar-refractivity contribution < 1.29 is 19.8 Å². The molecule has 2 heterocycles. The number of phenolic OH excluding ortho intramolecular Hbond substituents is 1. The van der Waals surface area contributed by atoms with Crippen LogP contribution in [0.2, 0.25) is 0 Å². The lowest BCUT2D eigenvalue weighted by Crippen LogP contribution is -2.31. The Kier molecular flexibility index (Phi) is 4.49. The molecule has 6 heteroatoms. The number of nitrogens with zero attached hydrogens (tertiary/aromatic N) is 1. The van der Waals surface area contributed by atoms with E-state index in [0.29, 0.717) is 10.4 Å². The molecule has 0 saturated carbocycles. The van der Waals surface area contributed by atoms with Crippen LogP contribution in [0, 0.1) is 6.92 Å². The molecule has 0 saturated heterocycles. The standard InChI is InChI=1S/C22H17NO4S/c1-13-7-2-3-8-14(13)19-18(20(25)17-11-6-12-28-17)21(26)22(27)23(19)15-9-4-5-10-16(15)24/h2-12,19,24,26H,1H3. The quantitative estimate of drug-likeness (QED) is 0.640. The van der Waals surface area contributed by atoms with Crippen molar-refractivity contribution in [3.05, 3.63) is 93.4 Å². The number of hydrogen-bond acceptors (Lipinski definition) is 5. The summed E-state index contributed by atoms with van der Waals surface area (Å²) in [6, 6.07) is 16.3. The van der Waals surface area contributed by atoms with Gasteiger partial charge in [-0.25, -0.2) is 0 Å². The summed E-state index contributed by atoms with van der Waals surface area (Å²) in [5.74, 6) is -1.80. The molecule has 0 bridgehead atoms. The second-order valence-corrected chi connectivity index (χ2v) is 7.44. The third-order valence-corrected chi connectivity index (χ3v) is 5.69. The summed E-state index contributed by atoms with van der Waals surface area (Å²) in [7, 11) is 0. The Hall–Kier alpha value is -3.38. The molecule has 2 aromatic carbocycles. The molecule has 1 amide bonds. The van der Waals surface area contributed by atoms with E-state index in [4.69, 9.17) is 0 Å². The Morgan fingerprint density at radius 1 is 1.00 bits per heavy atom. The number of carbonyl (C=O) groups excluding carboxylic acids is 2. The van der Waals surface area contributed by atoms with Crippen LogP contribution in [0.3, 0.4) is 0 Å². The highest BCUT2D eigenvalue weighted by Crippen LogP contribution is 2.45.